The van der Waals surface area contributed by atoms with Gasteiger partial charge in [0.2, 0.25) is 0 Å². The minimum Gasteiger partial charge on any atom is -0.325 e. The molecular weight excluding hydrogens is 554 g/mol. The summed E-state index contributed by atoms with van der Waals surface area (Å²) in [5, 5.41) is 0. The van der Waals surface area contributed by atoms with Gasteiger partial charge in [-0.1, -0.05) is 201 Å². The molecule has 5 nitrogen and oxygen atoms in total. The fourth-order valence-electron chi connectivity index (χ4n) is 5.90. The molecule has 43 heavy (non-hydrogen) atoms. The maximum Gasteiger partial charge on any atom is 0.397 e. The Labute approximate surface area is 271 Å². The van der Waals surface area contributed by atoms with Crippen LogP contribution in [0.4, 0.5) is 0 Å². The lowest BCUT2D eigenvalue weighted by Crippen LogP contribution is -2.39. The van der Waals surface area contributed by atoms with Crippen LogP contribution in [-0.4, -0.2) is 25.1 Å². The molecule has 0 bridgehead atoms. The van der Waals surface area contributed by atoms with Crippen LogP contribution in [0.1, 0.15) is 227 Å². The highest BCUT2D eigenvalue weighted by Crippen LogP contribution is 2.27. The van der Waals surface area contributed by atoms with Gasteiger partial charge in [-0.05, 0) is 25.7 Å². The Balaban J connectivity index is 0. The Morgan fingerprint density at radius 1 is 0.442 bits per heavy atom. The lowest BCUT2D eigenvalue weighted by molar-refractivity contribution is 0.261. The van der Waals surface area contributed by atoms with Gasteiger partial charge in [0.15, 0.2) is 0 Å². The lowest BCUT2D eigenvalue weighted by Gasteiger charge is -2.30. The highest BCUT2D eigenvalue weighted by Gasteiger charge is 2.23. The van der Waals surface area contributed by atoms with Crippen LogP contribution in [0, 0.1) is 0 Å². The molecule has 6 heteroatoms. The molecule has 0 unspecified atom stereocenters. The lowest BCUT2D eigenvalue weighted by atomic mass is 9.82. The molecule has 3 N–H and O–H groups in total. The first kappa shape index (κ1) is 45.0. The molecule has 0 saturated heterocycles. The third-order valence-corrected chi connectivity index (χ3v) is 9.28. The van der Waals surface area contributed by atoms with Gasteiger partial charge >= 0.3 is 10.4 Å². The van der Waals surface area contributed by atoms with Crippen molar-refractivity contribution in [2.75, 3.05) is 6.61 Å². The Kier molecular flexibility index (Phi) is 36.3. The molecule has 0 aliphatic heterocycles. The smallest absolute Gasteiger partial charge is 0.325 e. The highest BCUT2D eigenvalue weighted by atomic mass is 32.3. The summed E-state index contributed by atoms with van der Waals surface area (Å²) in [7, 11) is -4.23. The molecule has 0 atom stereocenters. The second kappa shape index (κ2) is 34.7. The SMILES string of the molecule is CCCCCCCCC(N)(CCCCCCCC)CCCCCCCC.CCCCCCCCCCCCOS(=O)(=O)O. The molecule has 0 radical (unpaired) electrons. The molecule has 0 aromatic heterocycles. The van der Waals surface area contributed by atoms with Gasteiger partial charge in [-0.3, -0.25) is 4.55 Å². The third kappa shape index (κ3) is 39.8. The van der Waals surface area contributed by atoms with Crippen molar-refractivity contribution in [2.24, 2.45) is 5.73 Å². The molecule has 0 heterocycles. The van der Waals surface area contributed by atoms with E-state index < -0.39 is 10.4 Å². The molecule has 0 fully saturated rings. The van der Waals surface area contributed by atoms with Crippen molar-refractivity contribution < 1.29 is 17.2 Å². The average Bonchev–Trinajstić information content (AvgIpc) is 2.97. The molecule has 0 aromatic rings. The molecule has 0 spiro atoms. The number of unbranched alkanes of at least 4 members (excludes halogenated alkanes) is 24. The minimum absolute atomic E-state index is 0.0926. The van der Waals surface area contributed by atoms with Crippen LogP contribution in [0.5, 0.6) is 0 Å². The van der Waals surface area contributed by atoms with E-state index in [1.807, 2.05) is 0 Å². The van der Waals surface area contributed by atoms with Crippen molar-refractivity contribution in [3.63, 3.8) is 0 Å². The first-order valence-electron chi connectivity index (χ1n) is 19.1. The van der Waals surface area contributed by atoms with E-state index in [9.17, 15) is 8.42 Å². The van der Waals surface area contributed by atoms with Crippen molar-refractivity contribution in [3.05, 3.63) is 0 Å². The van der Waals surface area contributed by atoms with Crippen molar-refractivity contribution in [1.29, 1.82) is 0 Å². The quantitative estimate of drug-likeness (QED) is 0.0554. The summed E-state index contributed by atoms with van der Waals surface area (Å²) in [4.78, 5) is 0. The molecule has 0 aromatic carbocycles. The van der Waals surface area contributed by atoms with Crippen molar-refractivity contribution in [3.8, 4) is 0 Å². The van der Waals surface area contributed by atoms with Crippen LogP contribution in [0.15, 0.2) is 0 Å². The maximum atomic E-state index is 10.2. The number of nitrogens with two attached hydrogens (primary N) is 1. The van der Waals surface area contributed by atoms with Crippen LogP contribution in [0.3, 0.4) is 0 Å². The molecule has 0 rings (SSSR count). The first-order valence-corrected chi connectivity index (χ1v) is 20.5. The Morgan fingerprint density at radius 2 is 0.674 bits per heavy atom. The van der Waals surface area contributed by atoms with E-state index in [-0.39, 0.29) is 12.1 Å². The first-order chi connectivity index (χ1) is 20.7. The molecule has 0 amide bonds. The molecule has 0 aliphatic rings. The van der Waals surface area contributed by atoms with E-state index in [1.54, 1.807) is 0 Å². The molecule has 0 saturated carbocycles. The number of hydrogen-bond donors (Lipinski definition) is 2. The minimum atomic E-state index is -4.23. The van der Waals surface area contributed by atoms with Crippen LogP contribution in [0.2, 0.25) is 0 Å². The number of hydrogen-bond acceptors (Lipinski definition) is 4. The standard InChI is InChI=1S/C25H53N.C12H26O4S/c1-4-7-10-13-16-19-22-25(26,23-20-17-14-11-8-5-2)24-21-18-15-12-9-6-3;1-2-3-4-5-6-7-8-9-10-11-12-16-17(13,14)15/h4-24,26H2,1-3H3;2-12H2,1H3,(H,13,14,15). The fraction of sp³-hybridized carbons (Fsp3) is 1.00. The van der Waals surface area contributed by atoms with E-state index in [4.69, 9.17) is 10.3 Å². The largest absolute Gasteiger partial charge is 0.397 e. The monoisotopic (exact) mass is 634 g/mol. The predicted octanol–water partition coefficient (Wildman–Crippen LogP) is 12.7. The summed E-state index contributed by atoms with van der Waals surface area (Å²) < 4.78 is 33.0. The van der Waals surface area contributed by atoms with E-state index >= 15 is 0 Å². The summed E-state index contributed by atoms with van der Waals surface area (Å²) in [6.07, 6.45) is 40.6. The topological polar surface area (TPSA) is 89.6 Å². The van der Waals surface area contributed by atoms with Crippen molar-refractivity contribution in [2.45, 2.75) is 232 Å². The van der Waals surface area contributed by atoms with E-state index in [0.717, 1.165) is 12.8 Å². The summed E-state index contributed by atoms with van der Waals surface area (Å²) in [6.45, 7) is 9.20. The normalized spacial score (nSPS) is 12.0. The van der Waals surface area contributed by atoms with E-state index in [1.165, 1.54) is 180 Å². The Hall–Kier alpha value is -0.170. The van der Waals surface area contributed by atoms with Gasteiger partial charge in [-0.15, -0.1) is 0 Å². The Bertz CT molecular complexity index is 585. The summed E-state index contributed by atoms with van der Waals surface area (Å²) >= 11 is 0. The van der Waals surface area contributed by atoms with Gasteiger partial charge in [0.1, 0.15) is 0 Å². The van der Waals surface area contributed by atoms with Gasteiger partial charge in [0.05, 0.1) is 6.61 Å². The molecule has 262 valence electrons. The van der Waals surface area contributed by atoms with Gasteiger partial charge in [0.25, 0.3) is 0 Å². The van der Waals surface area contributed by atoms with Crippen LogP contribution in [-0.2, 0) is 14.6 Å². The van der Waals surface area contributed by atoms with Crippen LogP contribution in [0.25, 0.3) is 0 Å². The van der Waals surface area contributed by atoms with Gasteiger partial charge in [-0.25, -0.2) is 4.18 Å². The summed E-state index contributed by atoms with van der Waals surface area (Å²) in [5.74, 6) is 0. The van der Waals surface area contributed by atoms with Gasteiger partial charge in [-0.2, -0.15) is 8.42 Å². The highest BCUT2D eigenvalue weighted by molar-refractivity contribution is 7.80. The zero-order valence-electron chi connectivity index (χ0n) is 29.8. The third-order valence-electron chi connectivity index (χ3n) is 8.81. The van der Waals surface area contributed by atoms with Gasteiger partial charge in [0, 0.05) is 5.54 Å². The molecular formula is C37H79NO4S. The van der Waals surface area contributed by atoms with Gasteiger partial charge < -0.3 is 5.73 Å². The van der Waals surface area contributed by atoms with E-state index in [0.29, 0.717) is 6.42 Å². The molecule has 0 aliphatic carbocycles. The fourth-order valence-corrected chi connectivity index (χ4v) is 6.23. The zero-order chi connectivity index (χ0) is 32.3. The Morgan fingerprint density at radius 3 is 0.930 bits per heavy atom. The zero-order valence-corrected chi connectivity index (χ0v) is 30.6. The predicted molar refractivity (Wildman–Crippen MR) is 190 cm³/mol. The second-order valence-electron chi connectivity index (χ2n) is 13.3. The maximum absolute atomic E-state index is 10.2. The van der Waals surface area contributed by atoms with Crippen LogP contribution >= 0.6 is 0 Å². The number of rotatable bonds is 33. The van der Waals surface area contributed by atoms with Crippen molar-refractivity contribution >= 4 is 10.4 Å². The average molecular weight is 634 g/mol. The summed E-state index contributed by atoms with van der Waals surface area (Å²) in [6, 6.07) is 0. The van der Waals surface area contributed by atoms with E-state index in [2.05, 4.69) is 31.9 Å². The second-order valence-corrected chi connectivity index (χ2v) is 14.4. The summed E-state index contributed by atoms with van der Waals surface area (Å²) in [5.41, 5.74) is 7.06. The van der Waals surface area contributed by atoms with Crippen LogP contribution < -0.4 is 5.73 Å². The van der Waals surface area contributed by atoms with Crippen molar-refractivity contribution in [1.82, 2.24) is 0 Å².